The molecule has 2 aliphatic rings. The molecule has 1 fully saturated rings. The summed E-state index contributed by atoms with van der Waals surface area (Å²) in [5.41, 5.74) is 0.781. The summed E-state index contributed by atoms with van der Waals surface area (Å²) < 4.78 is 0. The Kier molecular flexibility index (Phi) is 2.43. The van der Waals surface area contributed by atoms with Crippen LogP contribution in [0.2, 0.25) is 0 Å². The van der Waals surface area contributed by atoms with E-state index in [2.05, 4.69) is 5.32 Å². The van der Waals surface area contributed by atoms with Gasteiger partial charge in [0.05, 0.1) is 5.56 Å². The molecule has 16 heavy (non-hydrogen) atoms. The van der Waals surface area contributed by atoms with Crippen LogP contribution in [0, 0.1) is 0 Å². The summed E-state index contributed by atoms with van der Waals surface area (Å²) in [4.78, 5) is 13.0. The number of nitrogens with zero attached hydrogens (tertiary/aromatic N) is 1. The number of carbonyl (C=O) groups is 1. The summed E-state index contributed by atoms with van der Waals surface area (Å²) in [5.74, 6) is -0.0174. The first kappa shape index (κ1) is 10.2. The Morgan fingerprint density at radius 3 is 2.69 bits per heavy atom. The molecule has 1 spiro atoms. The van der Waals surface area contributed by atoms with E-state index in [9.17, 15) is 4.79 Å². The quantitative estimate of drug-likeness (QED) is 0.688. The lowest BCUT2D eigenvalue weighted by Gasteiger charge is -2.38. The monoisotopic (exact) mass is 232 g/mol. The Labute approximate surface area is 99.8 Å². The maximum absolute atomic E-state index is 12.0. The Morgan fingerprint density at radius 2 is 1.88 bits per heavy atom. The predicted octanol–water partition coefficient (Wildman–Crippen LogP) is 3.20. The third-order valence-corrected chi connectivity index (χ3v) is 4.81. The van der Waals surface area contributed by atoms with Crippen molar-refractivity contribution in [2.45, 2.75) is 41.9 Å². The fraction of sp³-hybridized carbons (Fsp3) is 0.462. The summed E-state index contributed by atoms with van der Waals surface area (Å²) >= 11 is 1.80. The molecule has 3 heteroatoms. The highest BCUT2D eigenvalue weighted by Crippen LogP contribution is 2.46. The third-order valence-electron chi connectivity index (χ3n) is 3.36. The van der Waals surface area contributed by atoms with Gasteiger partial charge >= 0.3 is 0 Å². The number of hydrogen-bond acceptors (Lipinski definition) is 2. The van der Waals surface area contributed by atoms with Gasteiger partial charge in [-0.05, 0) is 25.0 Å². The van der Waals surface area contributed by atoms with Crippen molar-refractivity contribution >= 4 is 17.7 Å². The van der Waals surface area contributed by atoms with Crippen LogP contribution in [0.5, 0.6) is 0 Å². The third kappa shape index (κ3) is 1.63. The minimum absolute atomic E-state index is 0.0174. The van der Waals surface area contributed by atoms with Crippen molar-refractivity contribution in [1.82, 2.24) is 5.32 Å². The Bertz CT molecular complexity index is 424. The largest absolute Gasteiger partial charge is 0.275 e. The first-order valence-corrected chi connectivity index (χ1v) is 6.66. The van der Waals surface area contributed by atoms with Crippen molar-refractivity contribution in [3.8, 4) is 0 Å². The van der Waals surface area contributed by atoms with Gasteiger partial charge in [-0.2, -0.15) is 0 Å². The van der Waals surface area contributed by atoms with Gasteiger partial charge in [-0.15, -0.1) is 0 Å². The molecule has 1 aromatic rings. The van der Waals surface area contributed by atoms with Gasteiger partial charge in [0, 0.05) is 4.90 Å². The lowest BCUT2D eigenvalue weighted by molar-refractivity contribution is 0.0901. The SMILES string of the molecule is O=C1[N]C2(CCCCC2)Sc2ccccc21. The first-order valence-electron chi connectivity index (χ1n) is 5.84. The molecule has 1 aliphatic heterocycles. The molecule has 1 radical (unpaired) electrons. The molecule has 0 bridgehead atoms. The smallest absolute Gasteiger partial charge is 0.267 e. The van der Waals surface area contributed by atoms with Crippen LogP contribution in [0.4, 0.5) is 0 Å². The highest BCUT2D eigenvalue weighted by Gasteiger charge is 2.41. The van der Waals surface area contributed by atoms with E-state index in [0.717, 1.165) is 23.3 Å². The minimum Gasteiger partial charge on any atom is -0.267 e. The van der Waals surface area contributed by atoms with Gasteiger partial charge < -0.3 is 0 Å². The lowest BCUT2D eigenvalue weighted by atomic mass is 9.94. The molecule has 2 nitrogen and oxygen atoms in total. The summed E-state index contributed by atoms with van der Waals surface area (Å²) in [6, 6.07) is 7.83. The van der Waals surface area contributed by atoms with Gasteiger partial charge in [-0.25, -0.2) is 5.32 Å². The summed E-state index contributed by atoms with van der Waals surface area (Å²) in [6.45, 7) is 0. The fourth-order valence-electron chi connectivity index (χ4n) is 2.52. The first-order chi connectivity index (χ1) is 7.79. The van der Waals surface area contributed by atoms with Crippen LogP contribution in [0.3, 0.4) is 0 Å². The molecule has 0 atom stereocenters. The van der Waals surface area contributed by atoms with Crippen molar-refractivity contribution < 1.29 is 4.79 Å². The van der Waals surface area contributed by atoms with Crippen molar-refractivity contribution in [3.63, 3.8) is 0 Å². The maximum atomic E-state index is 12.0. The van der Waals surface area contributed by atoms with Crippen LogP contribution in [0.25, 0.3) is 0 Å². The molecular weight excluding hydrogens is 218 g/mol. The molecule has 1 heterocycles. The van der Waals surface area contributed by atoms with Gasteiger partial charge in [-0.3, -0.25) is 4.79 Å². The van der Waals surface area contributed by atoms with E-state index >= 15 is 0 Å². The number of fused-ring (bicyclic) bond motifs is 1. The number of rotatable bonds is 0. The zero-order chi connectivity index (χ0) is 11.0. The highest BCUT2D eigenvalue weighted by molar-refractivity contribution is 8.00. The lowest BCUT2D eigenvalue weighted by Crippen LogP contribution is -2.44. The molecule has 1 amide bonds. The van der Waals surface area contributed by atoms with Crippen LogP contribution < -0.4 is 5.32 Å². The minimum atomic E-state index is -0.135. The Balaban J connectivity index is 1.96. The van der Waals surface area contributed by atoms with Crippen LogP contribution in [0.1, 0.15) is 42.5 Å². The van der Waals surface area contributed by atoms with Crippen LogP contribution in [-0.2, 0) is 0 Å². The predicted molar refractivity (Wildman–Crippen MR) is 64.6 cm³/mol. The van der Waals surface area contributed by atoms with Gasteiger partial charge in [0.15, 0.2) is 0 Å². The molecule has 83 valence electrons. The Morgan fingerprint density at radius 1 is 1.12 bits per heavy atom. The number of carbonyl (C=O) groups excluding carboxylic acids is 1. The normalized spacial score (nSPS) is 22.6. The molecule has 0 unspecified atom stereocenters. The number of amides is 1. The van der Waals surface area contributed by atoms with Gasteiger partial charge in [0.1, 0.15) is 4.87 Å². The molecule has 1 aliphatic carbocycles. The van der Waals surface area contributed by atoms with Gasteiger partial charge in [-0.1, -0.05) is 43.2 Å². The van der Waals surface area contributed by atoms with E-state index in [-0.39, 0.29) is 10.8 Å². The molecule has 0 saturated heterocycles. The summed E-state index contributed by atoms with van der Waals surface area (Å²) in [6.07, 6.45) is 5.79. The van der Waals surface area contributed by atoms with Crippen LogP contribution in [0.15, 0.2) is 29.2 Å². The average Bonchev–Trinajstić information content (AvgIpc) is 2.30. The molecule has 1 saturated carbocycles. The topological polar surface area (TPSA) is 31.2 Å². The second kappa shape index (κ2) is 3.81. The zero-order valence-corrected chi connectivity index (χ0v) is 9.93. The molecule has 0 N–H and O–H groups in total. The fourth-order valence-corrected chi connectivity index (χ4v) is 3.97. The standard InChI is InChI=1S/C13H14NOS/c15-12-10-6-2-3-7-11(10)16-13(14-12)8-4-1-5-9-13/h2-3,6-7H,1,4-5,8-9H2. The molecule has 3 rings (SSSR count). The van der Waals surface area contributed by atoms with Crippen molar-refractivity contribution in [1.29, 1.82) is 0 Å². The van der Waals surface area contributed by atoms with Crippen molar-refractivity contribution in [3.05, 3.63) is 29.8 Å². The molecule has 1 aromatic carbocycles. The van der Waals surface area contributed by atoms with Gasteiger partial charge in [0.25, 0.3) is 5.91 Å². The number of hydrogen-bond donors (Lipinski definition) is 0. The average molecular weight is 232 g/mol. The van der Waals surface area contributed by atoms with Crippen LogP contribution >= 0.6 is 11.8 Å². The second-order valence-electron chi connectivity index (χ2n) is 4.52. The molecular formula is C13H14NOS. The van der Waals surface area contributed by atoms with E-state index in [4.69, 9.17) is 0 Å². The molecule has 0 aromatic heterocycles. The van der Waals surface area contributed by atoms with E-state index in [1.54, 1.807) is 11.8 Å². The van der Waals surface area contributed by atoms with E-state index < -0.39 is 0 Å². The zero-order valence-electron chi connectivity index (χ0n) is 9.11. The Hall–Kier alpha value is -0.960. The van der Waals surface area contributed by atoms with Crippen molar-refractivity contribution in [2.75, 3.05) is 0 Å². The maximum Gasteiger partial charge on any atom is 0.275 e. The second-order valence-corrected chi connectivity index (χ2v) is 5.93. The van der Waals surface area contributed by atoms with Gasteiger partial charge in [0.2, 0.25) is 0 Å². The van der Waals surface area contributed by atoms with E-state index in [1.165, 1.54) is 19.3 Å². The summed E-state index contributed by atoms with van der Waals surface area (Å²) in [5, 5.41) is 4.44. The summed E-state index contributed by atoms with van der Waals surface area (Å²) in [7, 11) is 0. The van der Waals surface area contributed by atoms with Crippen molar-refractivity contribution in [2.24, 2.45) is 0 Å². The number of benzene rings is 1. The van der Waals surface area contributed by atoms with E-state index in [0.29, 0.717) is 0 Å². The van der Waals surface area contributed by atoms with E-state index in [1.807, 2.05) is 24.3 Å². The number of thioether (sulfide) groups is 1. The highest BCUT2D eigenvalue weighted by atomic mass is 32.2. The van der Waals surface area contributed by atoms with Crippen LogP contribution in [-0.4, -0.2) is 10.8 Å².